The van der Waals surface area contributed by atoms with E-state index < -0.39 is 0 Å². The molecule has 0 aliphatic rings. The van der Waals surface area contributed by atoms with E-state index in [4.69, 9.17) is 0 Å². The number of benzene rings is 2. The summed E-state index contributed by atoms with van der Waals surface area (Å²) in [6, 6.07) is 12.7. The van der Waals surface area contributed by atoms with Gasteiger partial charge in [-0.1, -0.05) is 85.2 Å². The van der Waals surface area contributed by atoms with E-state index in [-0.39, 0.29) is 10.6 Å². The Bertz CT molecular complexity index is 804. The second kappa shape index (κ2) is 7.92. The molecule has 140 valence electrons. The average Bonchev–Trinajstić information content (AvgIpc) is 2.57. The first kappa shape index (κ1) is 20.6. The van der Waals surface area contributed by atoms with Crippen molar-refractivity contribution >= 4 is 20.1 Å². The summed E-state index contributed by atoms with van der Waals surface area (Å²) >= 11 is 0. The van der Waals surface area contributed by atoms with Crippen LogP contribution in [0.5, 0.6) is 5.75 Å². The van der Waals surface area contributed by atoms with E-state index >= 15 is 0 Å². The van der Waals surface area contributed by atoms with Crippen LogP contribution in [0.3, 0.4) is 0 Å². The van der Waals surface area contributed by atoms with Crippen molar-refractivity contribution in [3.63, 3.8) is 0 Å². The van der Waals surface area contributed by atoms with Crippen LogP contribution in [0.15, 0.2) is 41.4 Å². The first-order valence-electron chi connectivity index (χ1n) is 9.26. The predicted molar refractivity (Wildman–Crippen MR) is 117 cm³/mol. The zero-order valence-corrected chi connectivity index (χ0v) is 18.1. The van der Waals surface area contributed by atoms with Crippen LogP contribution in [0.2, 0.25) is 0 Å². The fourth-order valence-electron chi connectivity index (χ4n) is 3.28. The molecule has 0 saturated heterocycles. The van der Waals surface area contributed by atoms with E-state index in [0.717, 1.165) is 23.1 Å². The third kappa shape index (κ3) is 4.35. The van der Waals surface area contributed by atoms with Crippen LogP contribution in [-0.2, 0) is 10.6 Å². The Labute approximate surface area is 160 Å². The van der Waals surface area contributed by atoms with Crippen molar-refractivity contribution in [2.45, 2.75) is 58.5 Å². The summed E-state index contributed by atoms with van der Waals surface area (Å²) in [4.78, 5) is 4.20. The average molecular weight is 369 g/mol. The molecule has 26 heavy (non-hydrogen) atoms. The maximum absolute atomic E-state index is 11.1. The number of rotatable bonds is 5. The topological polar surface area (TPSA) is 32.6 Å². The van der Waals surface area contributed by atoms with Gasteiger partial charge in [0.25, 0.3) is 0 Å². The first-order valence-corrected chi connectivity index (χ1v) is 10.3. The molecule has 1 N–H and O–H groups in total. The minimum Gasteiger partial charge on any atom is -0.507 e. The lowest BCUT2D eigenvalue weighted by atomic mass is 9.82. The summed E-state index contributed by atoms with van der Waals surface area (Å²) in [5, 5.41) is 12.3. The quantitative estimate of drug-likeness (QED) is 0.534. The summed E-state index contributed by atoms with van der Waals surface area (Å²) in [7, 11) is 2.36. The minimum atomic E-state index is -0.117. The van der Waals surface area contributed by atoms with Crippen molar-refractivity contribution in [3.8, 4) is 5.75 Å². The van der Waals surface area contributed by atoms with Crippen LogP contribution in [0.25, 0.3) is 0 Å². The van der Waals surface area contributed by atoms with Crippen molar-refractivity contribution < 1.29 is 5.11 Å². The van der Waals surface area contributed by atoms with Gasteiger partial charge in [-0.3, -0.25) is 4.99 Å². The molecular weight excluding hydrogens is 337 g/mol. The second-order valence-corrected chi connectivity index (χ2v) is 10.1. The van der Waals surface area contributed by atoms with E-state index in [9.17, 15) is 5.11 Å². The molecule has 0 bridgehead atoms. The van der Waals surface area contributed by atoms with E-state index in [1.54, 1.807) is 7.05 Å². The summed E-state index contributed by atoms with van der Waals surface area (Å²) in [6.07, 6.45) is 2.89. The number of phenols is 1. The maximum Gasteiger partial charge on any atom is 0.123 e. The Kier molecular flexibility index (Phi) is 6.29. The van der Waals surface area contributed by atoms with Gasteiger partial charge in [0, 0.05) is 24.0 Å². The van der Waals surface area contributed by atoms with Crippen LogP contribution in [0.1, 0.15) is 63.3 Å². The van der Waals surface area contributed by atoms with Crippen LogP contribution in [0, 0.1) is 6.92 Å². The summed E-state index contributed by atoms with van der Waals surface area (Å²) in [5.41, 5.74) is 4.37. The molecular formula is C23H32NOP. The summed E-state index contributed by atoms with van der Waals surface area (Å²) in [6.45, 7) is 13.1. The highest BCUT2D eigenvalue weighted by Gasteiger charge is 2.32. The molecule has 2 atom stereocenters. The van der Waals surface area contributed by atoms with E-state index in [0.29, 0.717) is 14.3 Å². The molecule has 2 aromatic rings. The molecule has 2 rings (SSSR count). The van der Waals surface area contributed by atoms with Crippen molar-refractivity contribution in [1.29, 1.82) is 0 Å². The van der Waals surface area contributed by atoms with Crippen molar-refractivity contribution in [3.05, 3.63) is 58.7 Å². The van der Waals surface area contributed by atoms with E-state index in [2.05, 4.69) is 82.9 Å². The van der Waals surface area contributed by atoms with Gasteiger partial charge >= 0.3 is 0 Å². The Morgan fingerprint density at radius 3 is 2.27 bits per heavy atom. The van der Waals surface area contributed by atoms with Gasteiger partial charge in [-0.05, 0) is 35.2 Å². The minimum absolute atomic E-state index is 0.0879. The SMILES string of the molecule is CCC(C)(Pc1ccccc1C=NC)c1cc(C)cc(C(C)(C)C)c1O. The van der Waals surface area contributed by atoms with Crippen LogP contribution in [0.4, 0.5) is 0 Å². The third-order valence-corrected chi connectivity index (χ3v) is 6.90. The highest BCUT2D eigenvalue weighted by atomic mass is 31.1. The smallest absolute Gasteiger partial charge is 0.123 e. The fourth-order valence-corrected chi connectivity index (χ4v) is 4.85. The predicted octanol–water partition coefficient (Wildman–Crippen LogP) is 5.68. The number of aromatic hydroxyl groups is 1. The fraction of sp³-hybridized carbons (Fsp3) is 0.435. The molecule has 2 aromatic carbocycles. The monoisotopic (exact) mass is 369 g/mol. The Balaban J connectivity index is 2.59. The molecule has 0 spiro atoms. The lowest BCUT2D eigenvalue weighted by Crippen LogP contribution is -2.22. The van der Waals surface area contributed by atoms with Gasteiger partial charge in [-0.25, -0.2) is 0 Å². The Morgan fingerprint density at radius 2 is 1.69 bits per heavy atom. The molecule has 2 nitrogen and oxygen atoms in total. The van der Waals surface area contributed by atoms with Crippen molar-refractivity contribution in [1.82, 2.24) is 0 Å². The molecule has 3 heteroatoms. The van der Waals surface area contributed by atoms with Gasteiger partial charge in [-0.2, -0.15) is 0 Å². The van der Waals surface area contributed by atoms with E-state index in [1.165, 1.54) is 10.9 Å². The van der Waals surface area contributed by atoms with Crippen LogP contribution in [-0.4, -0.2) is 18.4 Å². The molecule has 0 amide bonds. The van der Waals surface area contributed by atoms with Gasteiger partial charge in [0.05, 0.1) is 0 Å². The second-order valence-electron chi connectivity index (χ2n) is 8.24. The molecule has 0 aliphatic carbocycles. The summed E-state index contributed by atoms with van der Waals surface area (Å²) in [5.74, 6) is 0.460. The lowest BCUT2D eigenvalue weighted by molar-refractivity contribution is 0.430. The Hall–Kier alpha value is -1.66. The molecule has 0 heterocycles. The number of aliphatic imine (C=N–C) groups is 1. The van der Waals surface area contributed by atoms with Crippen molar-refractivity contribution in [2.24, 2.45) is 4.99 Å². The highest BCUT2D eigenvalue weighted by molar-refractivity contribution is 7.48. The molecule has 2 unspecified atom stereocenters. The first-order chi connectivity index (χ1) is 12.1. The standard InChI is InChI=1S/C23H32NOP/c1-8-23(6,26-20-12-10-9-11-17(20)15-24-7)19-14-16(2)13-18(21(19)25)22(3,4)5/h9-15,25-26H,8H2,1-7H3. The van der Waals surface area contributed by atoms with Crippen molar-refractivity contribution in [2.75, 3.05) is 7.05 Å². The molecule has 0 fully saturated rings. The molecule has 0 radical (unpaired) electrons. The molecule has 0 saturated carbocycles. The lowest BCUT2D eigenvalue weighted by Gasteiger charge is -2.33. The van der Waals surface area contributed by atoms with Gasteiger partial charge in [-0.15, -0.1) is 0 Å². The van der Waals surface area contributed by atoms with Gasteiger partial charge in [0.2, 0.25) is 0 Å². The Morgan fingerprint density at radius 1 is 1.08 bits per heavy atom. The zero-order valence-electron chi connectivity index (χ0n) is 17.1. The third-order valence-electron chi connectivity index (χ3n) is 5.00. The number of hydrogen-bond donors (Lipinski definition) is 1. The number of phenolic OH excluding ortho intramolecular Hbond substituents is 1. The largest absolute Gasteiger partial charge is 0.507 e. The number of nitrogens with zero attached hydrogens (tertiary/aromatic N) is 1. The molecule has 0 aromatic heterocycles. The maximum atomic E-state index is 11.1. The van der Waals surface area contributed by atoms with Crippen LogP contribution < -0.4 is 5.30 Å². The number of aryl methyl sites for hydroxylation is 1. The van der Waals surface area contributed by atoms with E-state index in [1.807, 2.05) is 6.21 Å². The highest BCUT2D eigenvalue weighted by Crippen LogP contribution is 2.49. The number of hydrogen-bond acceptors (Lipinski definition) is 2. The van der Waals surface area contributed by atoms with Gasteiger partial charge in [0.1, 0.15) is 5.75 Å². The normalized spacial score (nSPS) is 15.0. The zero-order chi connectivity index (χ0) is 19.5. The molecule has 0 aliphatic heterocycles. The van der Waals surface area contributed by atoms with Crippen LogP contribution >= 0.6 is 8.58 Å². The van der Waals surface area contributed by atoms with Gasteiger partial charge < -0.3 is 5.11 Å². The summed E-state index contributed by atoms with van der Waals surface area (Å²) < 4.78 is 0. The van der Waals surface area contributed by atoms with Gasteiger partial charge in [0.15, 0.2) is 0 Å².